The van der Waals surface area contributed by atoms with Gasteiger partial charge in [-0.3, -0.25) is 10.9 Å². The highest BCUT2D eigenvalue weighted by Crippen LogP contribution is 1.92. The van der Waals surface area contributed by atoms with Crippen molar-refractivity contribution in [3.8, 4) is 0 Å². The van der Waals surface area contributed by atoms with Crippen LogP contribution in [0.1, 0.15) is 5.56 Å². The monoisotopic (exact) mass is 152 g/mol. The maximum Gasteiger partial charge on any atom is 0.00105 e. The van der Waals surface area contributed by atoms with Crippen LogP contribution in [0.25, 0.3) is 0 Å². The van der Waals surface area contributed by atoms with Gasteiger partial charge in [0.05, 0.1) is 0 Å². The highest BCUT2D eigenvalue weighted by Gasteiger charge is 1.72. The van der Waals surface area contributed by atoms with Gasteiger partial charge in [0.15, 0.2) is 0 Å². The maximum atomic E-state index is 4.94. The minimum atomic E-state index is 1.32. The van der Waals surface area contributed by atoms with E-state index in [1.54, 1.807) is 14.1 Å². The molecule has 1 aromatic rings. The van der Waals surface area contributed by atoms with E-state index in [2.05, 4.69) is 19.1 Å². The van der Waals surface area contributed by atoms with Gasteiger partial charge < -0.3 is 0 Å². The molecule has 0 heterocycles. The molecule has 0 fully saturated rings. The largest absolute Gasteiger partial charge is 0.269 e. The molecule has 0 atom stereocenters. The fourth-order valence-corrected chi connectivity index (χ4v) is 0.534. The molecule has 11 heavy (non-hydrogen) atoms. The molecule has 2 N–H and O–H groups in total. The van der Waals surface area contributed by atoms with Crippen LogP contribution in [0.15, 0.2) is 30.3 Å². The summed E-state index contributed by atoms with van der Waals surface area (Å²) in [5.74, 6) is 4.94. The Bertz CT molecular complexity index is 167. The second-order valence-electron chi connectivity index (χ2n) is 2.62. The van der Waals surface area contributed by atoms with E-state index < -0.39 is 0 Å². The van der Waals surface area contributed by atoms with Crippen LogP contribution >= 0.6 is 0 Å². The first kappa shape index (κ1) is 10.1. The Morgan fingerprint density at radius 1 is 1.09 bits per heavy atom. The Labute approximate surface area is 68.6 Å². The molecule has 0 aromatic heterocycles. The van der Waals surface area contributed by atoms with Crippen LogP contribution in [-0.4, -0.2) is 19.1 Å². The number of benzene rings is 1. The van der Waals surface area contributed by atoms with Crippen molar-refractivity contribution in [2.75, 3.05) is 14.1 Å². The fourth-order valence-electron chi connectivity index (χ4n) is 0.534. The normalized spacial score (nSPS) is 8.82. The van der Waals surface area contributed by atoms with E-state index in [1.807, 2.05) is 18.2 Å². The van der Waals surface area contributed by atoms with Crippen LogP contribution in [0, 0.1) is 6.92 Å². The summed E-state index contributed by atoms with van der Waals surface area (Å²) >= 11 is 0. The molecule has 0 aliphatic rings. The lowest BCUT2D eigenvalue weighted by Gasteiger charge is -1.91. The van der Waals surface area contributed by atoms with Gasteiger partial charge in [0.25, 0.3) is 0 Å². The second kappa shape index (κ2) is 5.89. The predicted octanol–water partition coefficient (Wildman–Crippen LogP) is 1.42. The van der Waals surface area contributed by atoms with Crippen molar-refractivity contribution in [2.45, 2.75) is 6.92 Å². The molecule has 0 radical (unpaired) electrons. The fraction of sp³-hybridized carbons (Fsp3) is 0.333. The SMILES string of the molecule is CN(C)N.Cc1ccccc1. The van der Waals surface area contributed by atoms with E-state index in [-0.39, 0.29) is 0 Å². The Morgan fingerprint density at radius 2 is 1.45 bits per heavy atom. The number of hydrogen-bond acceptors (Lipinski definition) is 2. The third kappa shape index (κ3) is 9.14. The number of aryl methyl sites for hydroxylation is 1. The molecule has 0 unspecified atom stereocenters. The molecule has 1 aromatic carbocycles. The van der Waals surface area contributed by atoms with Gasteiger partial charge >= 0.3 is 0 Å². The molecule has 0 amide bonds. The second-order valence-corrected chi connectivity index (χ2v) is 2.62. The summed E-state index contributed by atoms with van der Waals surface area (Å²) in [6.45, 7) is 2.08. The van der Waals surface area contributed by atoms with Crippen molar-refractivity contribution < 1.29 is 0 Å². The summed E-state index contributed by atoms with van der Waals surface area (Å²) in [5.41, 5.74) is 1.32. The molecular formula is C9H16N2. The van der Waals surface area contributed by atoms with Crippen LogP contribution in [0.2, 0.25) is 0 Å². The highest BCUT2D eigenvalue weighted by atomic mass is 15.4. The van der Waals surface area contributed by atoms with Crippen molar-refractivity contribution in [1.82, 2.24) is 5.01 Å². The minimum Gasteiger partial charge on any atom is -0.269 e. The third-order valence-corrected chi connectivity index (χ3v) is 0.940. The zero-order chi connectivity index (χ0) is 8.69. The summed E-state index contributed by atoms with van der Waals surface area (Å²) in [5, 5.41) is 1.50. The van der Waals surface area contributed by atoms with E-state index in [0.29, 0.717) is 0 Å². The Kier molecular flexibility index (Phi) is 5.43. The molecule has 62 valence electrons. The maximum absolute atomic E-state index is 4.94. The van der Waals surface area contributed by atoms with Crippen molar-refractivity contribution in [3.05, 3.63) is 35.9 Å². The van der Waals surface area contributed by atoms with Crippen LogP contribution in [0.5, 0.6) is 0 Å². The quantitative estimate of drug-likeness (QED) is 0.450. The van der Waals surface area contributed by atoms with E-state index in [0.717, 1.165) is 0 Å². The lowest BCUT2D eigenvalue weighted by Crippen LogP contribution is -2.18. The first-order valence-corrected chi connectivity index (χ1v) is 3.56. The van der Waals surface area contributed by atoms with Gasteiger partial charge in [-0.15, -0.1) is 0 Å². The summed E-state index contributed by atoms with van der Waals surface area (Å²) in [6, 6.07) is 10.3. The van der Waals surface area contributed by atoms with Gasteiger partial charge in [-0.2, -0.15) is 0 Å². The van der Waals surface area contributed by atoms with Crippen molar-refractivity contribution in [1.29, 1.82) is 0 Å². The molecule has 0 saturated heterocycles. The number of nitrogens with zero attached hydrogens (tertiary/aromatic N) is 1. The molecule has 1 rings (SSSR count). The summed E-state index contributed by atoms with van der Waals surface area (Å²) in [7, 11) is 3.56. The van der Waals surface area contributed by atoms with Gasteiger partial charge in [0.2, 0.25) is 0 Å². The Balaban J connectivity index is 0.000000218. The van der Waals surface area contributed by atoms with Gasteiger partial charge in [-0.25, -0.2) is 0 Å². The van der Waals surface area contributed by atoms with Crippen LogP contribution < -0.4 is 5.84 Å². The first-order chi connectivity index (χ1) is 5.13. The topological polar surface area (TPSA) is 29.3 Å². The predicted molar refractivity (Wildman–Crippen MR) is 49.1 cm³/mol. The molecule has 0 spiro atoms. The zero-order valence-electron chi connectivity index (χ0n) is 7.41. The van der Waals surface area contributed by atoms with Crippen LogP contribution in [0.3, 0.4) is 0 Å². The van der Waals surface area contributed by atoms with E-state index >= 15 is 0 Å². The average Bonchev–Trinajstić information content (AvgIpc) is 1.87. The summed E-state index contributed by atoms with van der Waals surface area (Å²) in [4.78, 5) is 0. The molecule has 0 bridgehead atoms. The smallest absolute Gasteiger partial charge is 0.00105 e. The Hall–Kier alpha value is -0.860. The van der Waals surface area contributed by atoms with E-state index in [9.17, 15) is 0 Å². The van der Waals surface area contributed by atoms with E-state index in [1.165, 1.54) is 10.6 Å². The lowest BCUT2D eigenvalue weighted by atomic mass is 10.2. The van der Waals surface area contributed by atoms with Gasteiger partial charge in [0.1, 0.15) is 0 Å². The Morgan fingerprint density at radius 3 is 1.64 bits per heavy atom. The number of rotatable bonds is 0. The molecular weight excluding hydrogens is 136 g/mol. The zero-order valence-corrected chi connectivity index (χ0v) is 7.41. The van der Waals surface area contributed by atoms with Crippen molar-refractivity contribution in [2.24, 2.45) is 5.84 Å². The highest BCUT2D eigenvalue weighted by molar-refractivity contribution is 5.11. The summed E-state index contributed by atoms with van der Waals surface area (Å²) < 4.78 is 0. The number of hydrazine groups is 1. The number of nitrogens with two attached hydrogens (primary N) is 1. The van der Waals surface area contributed by atoms with Crippen LogP contribution in [0.4, 0.5) is 0 Å². The lowest BCUT2D eigenvalue weighted by molar-refractivity contribution is 0.432. The van der Waals surface area contributed by atoms with Crippen LogP contribution in [-0.2, 0) is 0 Å². The summed E-state index contributed by atoms with van der Waals surface area (Å²) in [6.07, 6.45) is 0. The molecule has 0 saturated carbocycles. The van der Waals surface area contributed by atoms with Crippen molar-refractivity contribution >= 4 is 0 Å². The van der Waals surface area contributed by atoms with Gasteiger partial charge in [-0.05, 0) is 6.92 Å². The molecule has 2 heteroatoms. The molecule has 0 aliphatic heterocycles. The van der Waals surface area contributed by atoms with Crippen molar-refractivity contribution in [3.63, 3.8) is 0 Å². The first-order valence-electron chi connectivity index (χ1n) is 3.56. The van der Waals surface area contributed by atoms with Gasteiger partial charge in [0, 0.05) is 14.1 Å². The number of hydrogen-bond donors (Lipinski definition) is 1. The minimum absolute atomic E-state index is 1.32. The molecule has 2 nitrogen and oxygen atoms in total. The third-order valence-electron chi connectivity index (χ3n) is 0.940. The van der Waals surface area contributed by atoms with E-state index in [4.69, 9.17) is 5.84 Å². The standard InChI is InChI=1S/C7H8.C2H8N2/c1-7-5-3-2-4-6-7;1-4(2)3/h2-6H,1H3;3H2,1-2H3. The average molecular weight is 152 g/mol. The van der Waals surface area contributed by atoms with Gasteiger partial charge in [-0.1, -0.05) is 35.9 Å². The molecule has 0 aliphatic carbocycles.